The second-order valence-electron chi connectivity index (χ2n) is 7.92. The van der Waals surface area contributed by atoms with Crippen molar-refractivity contribution in [1.29, 1.82) is 0 Å². The molecule has 5 heteroatoms. The lowest BCUT2D eigenvalue weighted by atomic mass is 9.96. The fourth-order valence-electron chi connectivity index (χ4n) is 3.81. The van der Waals surface area contributed by atoms with E-state index in [0.717, 1.165) is 49.2 Å². The quantitative estimate of drug-likeness (QED) is 0.776. The van der Waals surface area contributed by atoms with Crippen LogP contribution in [0.2, 0.25) is 0 Å². The SMILES string of the molecule is COc1cc(C)c(C(=O)Nc2ccccc2C(=O)N2CCCCC2)cc1C(C)C. The Labute approximate surface area is 173 Å². The fraction of sp³-hybridized carbons (Fsp3) is 0.417. The van der Waals surface area contributed by atoms with Crippen LogP contribution >= 0.6 is 0 Å². The van der Waals surface area contributed by atoms with Crippen LogP contribution in [0.3, 0.4) is 0 Å². The molecule has 0 unspecified atom stereocenters. The molecule has 2 aromatic rings. The molecule has 0 aromatic heterocycles. The van der Waals surface area contributed by atoms with Gasteiger partial charge in [0.1, 0.15) is 5.75 Å². The number of benzene rings is 2. The zero-order chi connectivity index (χ0) is 21.0. The molecule has 1 fully saturated rings. The first kappa shape index (κ1) is 20.9. The molecular formula is C24H30N2O3. The minimum atomic E-state index is -0.217. The highest BCUT2D eigenvalue weighted by atomic mass is 16.5. The number of rotatable bonds is 5. The van der Waals surface area contributed by atoms with Crippen LogP contribution in [0.4, 0.5) is 5.69 Å². The van der Waals surface area contributed by atoms with Gasteiger partial charge in [-0.3, -0.25) is 9.59 Å². The molecule has 29 heavy (non-hydrogen) atoms. The molecule has 3 rings (SSSR count). The molecule has 1 aliphatic rings. The molecule has 0 aliphatic carbocycles. The average Bonchev–Trinajstić information content (AvgIpc) is 2.73. The van der Waals surface area contributed by atoms with Crippen LogP contribution in [-0.2, 0) is 0 Å². The summed E-state index contributed by atoms with van der Waals surface area (Å²) in [6.45, 7) is 7.59. The van der Waals surface area contributed by atoms with Crippen molar-refractivity contribution in [2.24, 2.45) is 0 Å². The summed E-state index contributed by atoms with van der Waals surface area (Å²) in [6, 6.07) is 11.0. The number of aryl methyl sites for hydroxylation is 1. The van der Waals surface area contributed by atoms with Crippen LogP contribution in [0.15, 0.2) is 36.4 Å². The van der Waals surface area contributed by atoms with Crippen LogP contribution < -0.4 is 10.1 Å². The van der Waals surface area contributed by atoms with Crippen LogP contribution in [-0.4, -0.2) is 36.9 Å². The van der Waals surface area contributed by atoms with Crippen molar-refractivity contribution in [2.45, 2.75) is 46.0 Å². The number of nitrogens with zero attached hydrogens (tertiary/aromatic N) is 1. The molecular weight excluding hydrogens is 364 g/mol. The lowest BCUT2D eigenvalue weighted by Crippen LogP contribution is -2.36. The van der Waals surface area contributed by atoms with Gasteiger partial charge in [-0.25, -0.2) is 0 Å². The molecule has 5 nitrogen and oxygen atoms in total. The number of hydrogen-bond donors (Lipinski definition) is 1. The number of likely N-dealkylation sites (tertiary alicyclic amines) is 1. The maximum Gasteiger partial charge on any atom is 0.255 e. The molecule has 0 saturated carbocycles. The largest absolute Gasteiger partial charge is 0.496 e. The van der Waals surface area contributed by atoms with Gasteiger partial charge < -0.3 is 15.0 Å². The number of ether oxygens (including phenoxy) is 1. The standard InChI is InChI=1S/C24H30N2O3/c1-16(2)19-15-20(17(3)14-22(19)29-4)23(27)25-21-11-7-6-10-18(21)24(28)26-12-8-5-9-13-26/h6-7,10-11,14-16H,5,8-9,12-13H2,1-4H3,(H,25,27). The maximum atomic E-state index is 13.1. The van der Waals surface area contributed by atoms with Gasteiger partial charge in [0.25, 0.3) is 11.8 Å². The predicted octanol–water partition coefficient (Wildman–Crippen LogP) is 5.01. The number of amides is 2. The van der Waals surface area contributed by atoms with Gasteiger partial charge in [0, 0.05) is 18.7 Å². The van der Waals surface area contributed by atoms with E-state index in [0.29, 0.717) is 16.8 Å². The van der Waals surface area contributed by atoms with Crippen LogP contribution in [0.25, 0.3) is 0 Å². The molecule has 0 spiro atoms. The predicted molar refractivity (Wildman–Crippen MR) is 116 cm³/mol. The van der Waals surface area contributed by atoms with Gasteiger partial charge in [-0.15, -0.1) is 0 Å². The fourth-order valence-corrected chi connectivity index (χ4v) is 3.81. The third-order valence-electron chi connectivity index (χ3n) is 5.49. The van der Waals surface area contributed by atoms with Crippen molar-refractivity contribution in [3.05, 3.63) is 58.7 Å². The third kappa shape index (κ3) is 4.61. The van der Waals surface area contributed by atoms with Gasteiger partial charge in [-0.1, -0.05) is 26.0 Å². The number of methoxy groups -OCH3 is 1. The molecule has 0 radical (unpaired) electrons. The Morgan fingerprint density at radius 3 is 2.38 bits per heavy atom. The van der Waals surface area contributed by atoms with Crippen LogP contribution in [0.1, 0.15) is 70.9 Å². The number of carbonyl (C=O) groups excluding carboxylic acids is 2. The highest BCUT2D eigenvalue weighted by molar-refractivity contribution is 6.09. The summed E-state index contributed by atoms with van der Waals surface area (Å²) in [5.74, 6) is 0.778. The van der Waals surface area contributed by atoms with E-state index in [1.807, 2.05) is 36.1 Å². The summed E-state index contributed by atoms with van der Waals surface area (Å²) in [5, 5.41) is 2.96. The first-order valence-electron chi connectivity index (χ1n) is 10.3. The Morgan fingerprint density at radius 2 is 1.72 bits per heavy atom. The number of piperidine rings is 1. The molecule has 1 aliphatic heterocycles. The number of para-hydroxylation sites is 1. The number of hydrogen-bond acceptors (Lipinski definition) is 3. The minimum Gasteiger partial charge on any atom is -0.496 e. The molecule has 0 bridgehead atoms. The third-order valence-corrected chi connectivity index (χ3v) is 5.49. The van der Waals surface area contributed by atoms with Crippen molar-refractivity contribution in [3.63, 3.8) is 0 Å². The van der Waals surface area contributed by atoms with Gasteiger partial charge in [-0.2, -0.15) is 0 Å². The van der Waals surface area contributed by atoms with Crippen molar-refractivity contribution in [2.75, 3.05) is 25.5 Å². The minimum absolute atomic E-state index is 0.0186. The molecule has 1 heterocycles. The highest BCUT2D eigenvalue weighted by Gasteiger charge is 2.22. The molecule has 2 aromatic carbocycles. The highest BCUT2D eigenvalue weighted by Crippen LogP contribution is 2.30. The van der Waals surface area contributed by atoms with E-state index in [-0.39, 0.29) is 17.7 Å². The molecule has 2 amide bonds. The van der Waals surface area contributed by atoms with Gasteiger partial charge in [-0.05, 0) is 67.5 Å². The van der Waals surface area contributed by atoms with E-state index in [4.69, 9.17) is 4.74 Å². The lowest BCUT2D eigenvalue weighted by molar-refractivity contribution is 0.0725. The zero-order valence-electron chi connectivity index (χ0n) is 17.7. The van der Waals surface area contributed by atoms with E-state index >= 15 is 0 Å². The van der Waals surface area contributed by atoms with E-state index in [2.05, 4.69) is 19.2 Å². The summed E-state index contributed by atoms with van der Waals surface area (Å²) in [5.41, 5.74) is 3.51. The lowest BCUT2D eigenvalue weighted by Gasteiger charge is -2.27. The Bertz CT molecular complexity index is 899. The second kappa shape index (κ2) is 9.12. The topological polar surface area (TPSA) is 58.6 Å². The number of nitrogens with one attached hydrogen (secondary N) is 1. The van der Waals surface area contributed by atoms with Gasteiger partial charge in [0.05, 0.1) is 18.4 Å². The van der Waals surface area contributed by atoms with E-state index in [1.54, 1.807) is 19.2 Å². The molecule has 154 valence electrons. The van der Waals surface area contributed by atoms with E-state index in [9.17, 15) is 9.59 Å². The van der Waals surface area contributed by atoms with Crippen LogP contribution in [0.5, 0.6) is 5.75 Å². The van der Waals surface area contributed by atoms with Crippen LogP contribution in [0, 0.1) is 6.92 Å². The summed E-state index contributed by atoms with van der Waals surface area (Å²) < 4.78 is 5.48. The normalized spacial score (nSPS) is 14.0. The first-order chi connectivity index (χ1) is 13.9. The van der Waals surface area contributed by atoms with Crippen molar-refractivity contribution in [3.8, 4) is 5.75 Å². The summed E-state index contributed by atoms with van der Waals surface area (Å²) in [7, 11) is 1.64. The maximum absolute atomic E-state index is 13.1. The Kier molecular flexibility index (Phi) is 6.57. The molecule has 0 atom stereocenters. The van der Waals surface area contributed by atoms with Gasteiger partial charge in [0.15, 0.2) is 0 Å². The molecule has 1 saturated heterocycles. The summed E-state index contributed by atoms with van der Waals surface area (Å²) in [4.78, 5) is 28.0. The Morgan fingerprint density at radius 1 is 1.03 bits per heavy atom. The summed E-state index contributed by atoms with van der Waals surface area (Å²) in [6.07, 6.45) is 3.23. The Balaban J connectivity index is 1.88. The Hall–Kier alpha value is -2.82. The smallest absolute Gasteiger partial charge is 0.255 e. The zero-order valence-corrected chi connectivity index (χ0v) is 17.7. The van der Waals surface area contributed by atoms with Crippen molar-refractivity contribution in [1.82, 2.24) is 4.90 Å². The monoisotopic (exact) mass is 394 g/mol. The molecule has 1 N–H and O–H groups in total. The van der Waals surface area contributed by atoms with Crippen molar-refractivity contribution < 1.29 is 14.3 Å². The average molecular weight is 395 g/mol. The number of anilines is 1. The first-order valence-corrected chi connectivity index (χ1v) is 10.3. The van der Waals surface area contributed by atoms with E-state index < -0.39 is 0 Å². The number of carbonyl (C=O) groups is 2. The van der Waals surface area contributed by atoms with E-state index in [1.165, 1.54) is 0 Å². The second-order valence-corrected chi connectivity index (χ2v) is 7.92. The van der Waals surface area contributed by atoms with Gasteiger partial charge in [0.2, 0.25) is 0 Å². The van der Waals surface area contributed by atoms with Gasteiger partial charge >= 0.3 is 0 Å². The summed E-state index contributed by atoms with van der Waals surface area (Å²) >= 11 is 0. The van der Waals surface area contributed by atoms with Crippen molar-refractivity contribution >= 4 is 17.5 Å².